The van der Waals surface area contributed by atoms with Crippen molar-refractivity contribution in [3.63, 3.8) is 0 Å². The average Bonchev–Trinajstić information content (AvgIpc) is 3.30. The Bertz CT molecular complexity index is 1470. The lowest BCUT2D eigenvalue weighted by Crippen LogP contribution is -2.19. The number of halogens is 1. The van der Waals surface area contributed by atoms with Gasteiger partial charge in [-0.3, -0.25) is 0 Å². The van der Waals surface area contributed by atoms with Gasteiger partial charge in [0.15, 0.2) is 5.76 Å². The van der Waals surface area contributed by atoms with Crippen LogP contribution in [-0.4, -0.2) is 63.9 Å². The van der Waals surface area contributed by atoms with Crippen molar-refractivity contribution in [3.05, 3.63) is 65.8 Å². The first-order valence-corrected chi connectivity index (χ1v) is 13.3. The molecular weight excluding hydrogens is 502 g/mol. The van der Waals surface area contributed by atoms with Crippen LogP contribution in [0.4, 0.5) is 0 Å². The van der Waals surface area contributed by atoms with E-state index in [0.717, 1.165) is 29.7 Å². The van der Waals surface area contributed by atoms with Crippen molar-refractivity contribution in [2.75, 3.05) is 40.6 Å². The first kappa shape index (κ1) is 25.7. The topological polar surface area (TPSA) is 94.8 Å². The van der Waals surface area contributed by atoms with E-state index in [0.29, 0.717) is 40.2 Å². The Morgan fingerprint density at radius 3 is 2.42 bits per heavy atom. The number of sulfone groups is 1. The molecule has 0 unspecified atom stereocenters. The van der Waals surface area contributed by atoms with Crippen LogP contribution in [0.1, 0.15) is 0 Å². The Labute approximate surface area is 215 Å². The van der Waals surface area contributed by atoms with Gasteiger partial charge in [-0.25, -0.2) is 18.4 Å². The van der Waals surface area contributed by atoms with E-state index in [1.165, 1.54) is 13.3 Å². The van der Waals surface area contributed by atoms with E-state index in [9.17, 15) is 8.42 Å². The summed E-state index contributed by atoms with van der Waals surface area (Å²) in [5, 5.41) is 0.189. The minimum absolute atomic E-state index is 0.281. The maximum Gasteiger partial charge on any atom is 0.247 e. The molecule has 188 valence electrons. The third-order valence-corrected chi connectivity index (χ3v) is 6.51. The van der Waals surface area contributed by atoms with Crippen molar-refractivity contribution < 1.29 is 22.3 Å². The number of furan rings is 1. The fraction of sp³-hybridized carbons (Fsp3) is 0.231. The summed E-state index contributed by atoms with van der Waals surface area (Å²) in [6, 6.07) is 16.4. The SMILES string of the molecule is COc1cc(-c2cc(-c3ccc(OCCN(C)C)cc3)oc2-c2ccnc(S(C)(=O)=O)n2)ccc1Cl. The normalized spacial score (nSPS) is 11.6. The Morgan fingerprint density at radius 2 is 1.75 bits per heavy atom. The van der Waals surface area contributed by atoms with Gasteiger partial charge in [0, 0.05) is 30.1 Å². The lowest BCUT2D eigenvalue weighted by molar-refractivity contribution is 0.261. The number of likely N-dealkylation sites (N-methyl/N-ethyl adjacent to an activating group) is 1. The molecule has 2 aromatic carbocycles. The van der Waals surface area contributed by atoms with Crippen LogP contribution in [0, 0.1) is 0 Å². The van der Waals surface area contributed by atoms with Crippen molar-refractivity contribution in [2.45, 2.75) is 5.16 Å². The van der Waals surface area contributed by atoms with Crippen LogP contribution in [0.2, 0.25) is 5.02 Å². The molecule has 0 bridgehead atoms. The van der Waals surface area contributed by atoms with Gasteiger partial charge < -0.3 is 18.8 Å². The van der Waals surface area contributed by atoms with E-state index in [-0.39, 0.29) is 5.16 Å². The van der Waals surface area contributed by atoms with E-state index in [1.54, 1.807) is 18.2 Å². The molecule has 0 saturated carbocycles. The highest BCUT2D eigenvalue weighted by molar-refractivity contribution is 7.90. The second-order valence-electron chi connectivity index (χ2n) is 8.38. The van der Waals surface area contributed by atoms with Crippen molar-refractivity contribution >= 4 is 21.4 Å². The van der Waals surface area contributed by atoms with Gasteiger partial charge in [-0.2, -0.15) is 0 Å². The van der Waals surface area contributed by atoms with Gasteiger partial charge in [0.05, 0.1) is 12.1 Å². The summed E-state index contributed by atoms with van der Waals surface area (Å²) >= 11 is 6.23. The highest BCUT2D eigenvalue weighted by Gasteiger charge is 2.21. The Kier molecular flexibility index (Phi) is 7.63. The predicted octanol–water partition coefficient (Wildman–Crippen LogP) is 5.08. The zero-order chi connectivity index (χ0) is 25.9. The van der Waals surface area contributed by atoms with E-state index in [2.05, 4.69) is 9.97 Å². The van der Waals surface area contributed by atoms with Gasteiger partial charge in [0.25, 0.3) is 0 Å². The number of aromatic nitrogens is 2. The summed E-state index contributed by atoms with van der Waals surface area (Å²) in [5.41, 5.74) is 2.62. The molecule has 4 rings (SSSR count). The van der Waals surface area contributed by atoms with E-state index in [4.69, 9.17) is 25.5 Å². The van der Waals surface area contributed by atoms with E-state index < -0.39 is 9.84 Å². The highest BCUT2D eigenvalue weighted by Crippen LogP contribution is 2.40. The second kappa shape index (κ2) is 10.7. The van der Waals surface area contributed by atoms with Crippen molar-refractivity contribution in [2.24, 2.45) is 0 Å². The number of methoxy groups -OCH3 is 1. The predicted molar refractivity (Wildman–Crippen MR) is 139 cm³/mol. The molecule has 4 aromatic rings. The molecule has 0 spiro atoms. The van der Waals surface area contributed by atoms with E-state index in [1.807, 2.05) is 55.4 Å². The van der Waals surface area contributed by atoms with Crippen LogP contribution >= 0.6 is 11.6 Å². The molecular formula is C26H26ClN3O5S. The number of nitrogens with zero attached hydrogens (tertiary/aromatic N) is 3. The molecule has 2 aromatic heterocycles. The quantitative estimate of drug-likeness (QED) is 0.278. The smallest absolute Gasteiger partial charge is 0.247 e. The molecule has 0 radical (unpaired) electrons. The second-order valence-corrected chi connectivity index (χ2v) is 10.7. The Balaban J connectivity index is 1.78. The molecule has 10 heteroatoms. The van der Waals surface area contributed by atoms with Gasteiger partial charge >= 0.3 is 0 Å². The fourth-order valence-electron chi connectivity index (χ4n) is 3.47. The number of benzene rings is 2. The maximum atomic E-state index is 12.1. The van der Waals surface area contributed by atoms with Crippen LogP contribution in [0.5, 0.6) is 11.5 Å². The molecule has 0 aliphatic rings. The average molecular weight is 528 g/mol. The zero-order valence-corrected chi connectivity index (χ0v) is 21.9. The summed E-state index contributed by atoms with van der Waals surface area (Å²) in [4.78, 5) is 10.2. The summed E-state index contributed by atoms with van der Waals surface area (Å²) in [5.74, 6) is 2.23. The molecule has 8 nitrogen and oxygen atoms in total. The van der Waals surface area contributed by atoms with Crippen molar-refractivity contribution in [3.8, 4) is 45.4 Å². The van der Waals surface area contributed by atoms with Crippen LogP contribution in [0.3, 0.4) is 0 Å². The zero-order valence-electron chi connectivity index (χ0n) is 20.4. The molecule has 0 atom stereocenters. The molecule has 0 saturated heterocycles. The fourth-order valence-corrected chi connectivity index (χ4v) is 4.18. The summed E-state index contributed by atoms with van der Waals surface area (Å²) < 4.78 is 41.6. The monoisotopic (exact) mass is 527 g/mol. The van der Waals surface area contributed by atoms with Gasteiger partial charge in [-0.15, -0.1) is 0 Å². The summed E-state index contributed by atoms with van der Waals surface area (Å²) in [6.07, 6.45) is 2.46. The molecule has 0 fully saturated rings. The summed E-state index contributed by atoms with van der Waals surface area (Å²) in [7, 11) is 1.91. The lowest BCUT2D eigenvalue weighted by Gasteiger charge is -2.11. The largest absolute Gasteiger partial charge is 0.495 e. The Hall–Kier alpha value is -3.40. The van der Waals surface area contributed by atoms with E-state index >= 15 is 0 Å². The molecule has 0 N–H and O–H groups in total. The minimum atomic E-state index is -3.61. The lowest BCUT2D eigenvalue weighted by atomic mass is 10.0. The van der Waals surface area contributed by atoms with Crippen LogP contribution in [-0.2, 0) is 9.84 Å². The summed E-state index contributed by atoms with van der Waals surface area (Å²) in [6.45, 7) is 1.39. The molecule has 2 heterocycles. The van der Waals surface area contributed by atoms with Crippen molar-refractivity contribution in [1.29, 1.82) is 0 Å². The third kappa shape index (κ3) is 5.87. The van der Waals surface area contributed by atoms with Crippen LogP contribution < -0.4 is 9.47 Å². The number of hydrogen-bond donors (Lipinski definition) is 0. The van der Waals surface area contributed by atoms with Gasteiger partial charge in [0.2, 0.25) is 15.0 Å². The molecule has 36 heavy (non-hydrogen) atoms. The standard InChI is InChI=1S/C26H26ClN3O5S/c1-30(2)13-14-34-19-8-5-17(6-9-19)23-16-20(18-7-10-21(27)24(15-18)33-3)25(35-23)22-11-12-28-26(29-22)36(4,31)32/h5-12,15-16H,13-14H2,1-4H3. The molecule has 0 aliphatic carbocycles. The third-order valence-electron chi connectivity index (χ3n) is 5.34. The first-order valence-electron chi connectivity index (χ1n) is 11.0. The van der Waals surface area contributed by atoms with Gasteiger partial charge in [-0.1, -0.05) is 17.7 Å². The van der Waals surface area contributed by atoms with Crippen molar-refractivity contribution in [1.82, 2.24) is 14.9 Å². The molecule has 0 aliphatic heterocycles. The highest BCUT2D eigenvalue weighted by atomic mass is 35.5. The van der Waals surface area contributed by atoms with Crippen LogP contribution in [0.15, 0.2) is 70.4 Å². The van der Waals surface area contributed by atoms with Crippen LogP contribution in [0.25, 0.3) is 33.9 Å². The number of ether oxygens (including phenoxy) is 2. The first-order chi connectivity index (χ1) is 17.2. The number of rotatable bonds is 9. The Morgan fingerprint density at radius 1 is 1.03 bits per heavy atom. The number of hydrogen-bond acceptors (Lipinski definition) is 8. The molecule has 0 amide bonds. The maximum absolute atomic E-state index is 12.1. The minimum Gasteiger partial charge on any atom is -0.495 e. The van der Waals surface area contributed by atoms with Gasteiger partial charge in [0.1, 0.15) is 29.6 Å². The van der Waals surface area contributed by atoms with Gasteiger partial charge in [-0.05, 0) is 68.2 Å².